The molecule has 1 aromatic heterocycles. The lowest BCUT2D eigenvalue weighted by Gasteiger charge is -2.30. The van der Waals surface area contributed by atoms with E-state index in [9.17, 15) is 5.11 Å². The van der Waals surface area contributed by atoms with Gasteiger partial charge in [0.1, 0.15) is 0 Å². The van der Waals surface area contributed by atoms with E-state index in [1.807, 2.05) is 0 Å². The monoisotopic (exact) mass is 200 g/mol. The van der Waals surface area contributed by atoms with E-state index in [-0.39, 0.29) is 6.10 Å². The van der Waals surface area contributed by atoms with E-state index in [2.05, 4.69) is 9.69 Å². The zero-order chi connectivity index (χ0) is 9.26. The highest BCUT2D eigenvalue weighted by Crippen LogP contribution is 2.30. The Hall–Kier alpha value is -0.650. The first-order valence-corrected chi connectivity index (χ1v) is 4.98. The minimum Gasteiger partial charge on any atom is -0.480 e. The second kappa shape index (κ2) is 3.61. The molecule has 1 unspecified atom stereocenters. The summed E-state index contributed by atoms with van der Waals surface area (Å²) < 4.78 is 8.98. The van der Waals surface area contributed by atoms with Crippen molar-refractivity contribution in [1.82, 2.24) is 9.69 Å². The maximum absolute atomic E-state index is 9.82. The van der Waals surface area contributed by atoms with Gasteiger partial charge in [-0.2, -0.15) is 4.37 Å². The number of aliphatic hydroxyl groups is 1. The normalized spacial score (nSPS) is 19.5. The molecule has 1 aliphatic heterocycles. The largest absolute Gasteiger partial charge is 0.480 e. The van der Waals surface area contributed by atoms with Gasteiger partial charge < -0.3 is 15.2 Å². The Balaban J connectivity index is 2.05. The van der Waals surface area contributed by atoms with Gasteiger partial charge in [-0.1, -0.05) is 0 Å². The fourth-order valence-corrected chi connectivity index (χ4v) is 2.05. The average Bonchev–Trinajstić information content (AvgIpc) is 2.48. The molecule has 0 amide bonds. The standard InChI is InChI=1S/C8H12N2O2S/c1-12-7-2-6(13-10-7)8(11)5-3-9-4-5/h2,5,8-9,11H,3-4H2,1H3. The summed E-state index contributed by atoms with van der Waals surface area (Å²) in [6.45, 7) is 1.78. The average molecular weight is 200 g/mol. The van der Waals surface area contributed by atoms with Crippen LogP contribution >= 0.6 is 11.5 Å². The number of nitrogens with zero attached hydrogens (tertiary/aromatic N) is 1. The van der Waals surface area contributed by atoms with E-state index < -0.39 is 0 Å². The molecule has 1 aliphatic rings. The predicted molar refractivity (Wildman–Crippen MR) is 50.0 cm³/mol. The van der Waals surface area contributed by atoms with Crippen LogP contribution in [0.1, 0.15) is 11.0 Å². The van der Waals surface area contributed by atoms with Crippen LogP contribution in [-0.4, -0.2) is 29.7 Å². The number of rotatable bonds is 3. The Labute approximate surface area is 80.7 Å². The Morgan fingerprint density at radius 2 is 2.54 bits per heavy atom. The molecule has 1 fully saturated rings. The summed E-state index contributed by atoms with van der Waals surface area (Å²) in [6.07, 6.45) is -0.386. The number of aliphatic hydroxyl groups excluding tert-OH is 1. The Morgan fingerprint density at radius 1 is 1.77 bits per heavy atom. The summed E-state index contributed by atoms with van der Waals surface area (Å²) in [4.78, 5) is 0.892. The fourth-order valence-electron chi connectivity index (χ4n) is 1.27. The fraction of sp³-hybridized carbons (Fsp3) is 0.625. The molecule has 0 radical (unpaired) electrons. The molecule has 1 atom stereocenters. The zero-order valence-corrected chi connectivity index (χ0v) is 8.17. The highest BCUT2D eigenvalue weighted by Gasteiger charge is 2.28. The van der Waals surface area contributed by atoms with Crippen molar-refractivity contribution < 1.29 is 9.84 Å². The van der Waals surface area contributed by atoms with Crippen molar-refractivity contribution in [1.29, 1.82) is 0 Å². The van der Waals surface area contributed by atoms with Crippen LogP contribution in [0, 0.1) is 5.92 Å². The van der Waals surface area contributed by atoms with Crippen LogP contribution in [0.3, 0.4) is 0 Å². The van der Waals surface area contributed by atoms with Crippen molar-refractivity contribution in [3.05, 3.63) is 10.9 Å². The molecular formula is C8H12N2O2S. The van der Waals surface area contributed by atoms with Gasteiger partial charge in [0.25, 0.3) is 0 Å². The Kier molecular flexibility index (Phi) is 2.48. The molecule has 2 rings (SSSR count). The highest BCUT2D eigenvalue weighted by atomic mass is 32.1. The predicted octanol–water partition coefficient (Wildman–Crippen LogP) is 0.404. The molecule has 1 saturated heterocycles. The molecule has 72 valence electrons. The molecule has 0 bridgehead atoms. The SMILES string of the molecule is COc1cc(C(O)C2CNC2)sn1. The van der Waals surface area contributed by atoms with E-state index in [1.54, 1.807) is 13.2 Å². The summed E-state index contributed by atoms with van der Waals surface area (Å²) in [6, 6.07) is 1.80. The van der Waals surface area contributed by atoms with Gasteiger partial charge in [0, 0.05) is 25.1 Å². The molecule has 0 aromatic carbocycles. The van der Waals surface area contributed by atoms with Gasteiger partial charge in [-0.3, -0.25) is 0 Å². The molecule has 4 nitrogen and oxygen atoms in total. The third-order valence-corrected chi connectivity index (χ3v) is 3.11. The molecule has 13 heavy (non-hydrogen) atoms. The topological polar surface area (TPSA) is 54.4 Å². The van der Waals surface area contributed by atoms with Crippen molar-refractivity contribution in [2.45, 2.75) is 6.10 Å². The second-order valence-electron chi connectivity index (χ2n) is 3.13. The summed E-state index contributed by atoms with van der Waals surface area (Å²) in [5.41, 5.74) is 0. The van der Waals surface area contributed by atoms with Crippen LogP contribution in [0.4, 0.5) is 0 Å². The molecule has 0 saturated carbocycles. The van der Waals surface area contributed by atoms with Crippen molar-refractivity contribution in [3.8, 4) is 5.88 Å². The smallest absolute Gasteiger partial charge is 0.225 e. The summed E-state index contributed by atoms with van der Waals surface area (Å²) in [7, 11) is 1.58. The van der Waals surface area contributed by atoms with Crippen LogP contribution in [-0.2, 0) is 0 Å². The number of nitrogens with one attached hydrogen (secondary N) is 1. The van der Waals surface area contributed by atoms with E-state index in [4.69, 9.17) is 4.74 Å². The van der Waals surface area contributed by atoms with E-state index in [1.165, 1.54) is 11.5 Å². The van der Waals surface area contributed by atoms with Gasteiger partial charge >= 0.3 is 0 Å². The minimum atomic E-state index is -0.386. The number of methoxy groups -OCH3 is 1. The van der Waals surface area contributed by atoms with E-state index >= 15 is 0 Å². The second-order valence-corrected chi connectivity index (χ2v) is 3.97. The third-order valence-electron chi connectivity index (χ3n) is 2.27. The third kappa shape index (κ3) is 1.67. The van der Waals surface area contributed by atoms with Crippen molar-refractivity contribution in [3.63, 3.8) is 0 Å². The first kappa shape index (κ1) is 8.93. The lowest BCUT2D eigenvalue weighted by atomic mass is 9.95. The summed E-state index contributed by atoms with van der Waals surface area (Å²) in [5, 5.41) is 12.9. The molecule has 1 aromatic rings. The lowest BCUT2D eigenvalue weighted by molar-refractivity contribution is 0.0796. The zero-order valence-electron chi connectivity index (χ0n) is 7.36. The van der Waals surface area contributed by atoms with Crippen LogP contribution in [0.15, 0.2) is 6.07 Å². The van der Waals surface area contributed by atoms with Gasteiger partial charge in [0.2, 0.25) is 5.88 Å². The van der Waals surface area contributed by atoms with E-state index in [0.29, 0.717) is 11.8 Å². The Bertz CT molecular complexity index is 285. The number of hydrogen-bond donors (Lipinski definition) is 2. The van der Waals surface area contributed by atoms with Gasteiger partial charge in [-0.25, -0.2) is 0 Å². The maximum Gasteiger partial charge on any atom is 0.225 e. The molecule has 2 heterocycles. The van der Waals surface area contributed by atoms with Crippen LogP contribution in [0.2, 0.25) is 0 Å². The van der Waals surface area contributed by atoms with Crippen LogP contribution in [0.5, 0.6) is 5.88 Å². The summed E-state index contributed by atoms with van der Waals surface area (Å²) >= 11 is 1.31. The van der Waals surface area contributed by atoms with Gasteiger partial charge in [0.15, 0.2) is 0 Å². The number of ether oxygens (including phenoxy) is 1. The number of hydrogen-bond acceptors (Lipinski definition) is 5. The van der Waals surface area contributed by atoms with Crippen molar-refractivity contribution in [2.75, 3.05) is 20.2 Å². The van der Waals surface area contributed by atoms with Gasteiger partial charge in [-0.15, -0.1) is 0 Å². The van der Waals surface area contributed by atoms with Gasteiger partial charge in [0.05, 0.1) is 18.1 Å². The van der Waals surface area contributed by atoms with E-state index in [0.717, 1.165) is 18.0 Å². The van der Waals surface area contributed by atoms with Crippen LogP contribution < -0.4 is 10.1 Å². The quantitative estimate of drug-likeness (QED) is 0.741. The first-order valence-electron chi connectivity index (χ1n) is 4.20. The number of aromatic nitrogens is 1. The molecule has 5 heteroatoms. The highest BCUT2D eigenvalue weighted by molar-refractivity contribution is 7.06. The molecule has 2 N–H and O–H groups in total. The van der Waals surface area contributed by atoms with Crippen molar-refractivity contribution in [2.24, 2.45) is 5.92 Å². The van der Waals surface area contributed by atoms with Crippen molar-refractivity contribution >= 4 is 11.5 Å². The maximum atomic E-state index is 9.82. The lowest BCUT2D eigenvalue weighted by Crippen LogP contribution is -2.45. The molecule has 0 aliphatic carbocycles. The molecule has 0 spiro atoms. The van der Waals surface area contributed by atoms with Crippen LogP contribution in [0.25, 0.3) is 0 Å². The molecular weight excluding hydrogens is 188 g/mol. The first-order chi connectivity index (χ1) is 6.31. The summed E-state index contributed by atoms with van der Waals surface area (Å²) in [5.74, 6) is 0.927. The Morgan fingerprint density at radius 3 is 3.00 bits per heavy atom. The van der Waals surface area contributed by atoms with Gasteiger partial charge in [-0.05, 0) is 11.5 Å². The minimum absolute atomic E-state index is 0.338.